The third kappa shape index (κ3) is 4.39. The fraction of sp³-hybridized carbons (Fsp3) is 0.588. The molecule has 0 N–H and O–H groups in total. The van der Waals surface area contributed by atoms with E-state index in [4.69, 9.17) is 4.74 Å². The van der Waals surface area contributed by atoms with E-state index in [-0.39, 0.29) is 12.0 Å². The van der Waals surface area contributed by atoms with Crippen LogP contribution in [-0.2, 0) is 10.9 Å². The number of alkyl halides is 3. The molecule has 0 spiro atoms. The van der Waals surface area contributed by atoms with E-state index < -0.39 is 17.3 Å². The van der Waals surface area contributed by atoms with Crippen LogP contribution in [0.15, 0.2) is 18.2 Å². The highest BCUT2D eigenvalue weighted by Crippen LogP contribution is 2.35. The molecule has 0 aromatic heterocycles. The molecule has 0 bridgehead atoms. The van der Waals surface area contributed by atoms with Gasteiger partial charge >= 0.3 is 12.3 Å². The van der Waals surface area contributed by atoms with Gasteiger partial charge in [0.1, 0.15) is 5.60 Å². The van der Waals surface area contributed by atoms with E-state index in [2.05, 4.69) is 0 Å². The molecule has 1 fully saturated rings. The first-order valence-electron chi connectivity index (χ1n) is 7.63. The minimum absolute atomic E-state index is 0.0461. The van der Waals surface area contributed by atoms with Gasteiger partial charge in [-0.2, -0.15) is 13.2 Å². The Morgan fingerprint density at radius 3 is 2.43 bits per heavy atom. The van der Waals surface area contributed by atoms with Gasteiger partial charge in [-0.15, -0.1) is 0 Å². The molecule has 1 aromatic carbocycles. The van der Waals surface area contributed by atoms with E-state index in [0.717, 1.165) is 18.1 Å². The number of aryl methyl sites for hydroxylation is 1. The lowest BCUT2D eigenvalue weighted by Gasteiger charge is -2.24. The molecule has 1 aliphatic rings. The van der Waals surface area contributed by atoms with Crippen molar-refractivity contribution < 1.29 is 22.7 Å². The van der Waals surface area contributed by atoms with Crippen LogP contribution in [0.2, 0.25) is 0 Å². The summed E-state index contributed by atoms with van der Waals surface area (Å²) < 4.78 is 43.5. The predicted molar refractivity (Wildman–Crippen MR) is 81.3 cm³/mol. The molecular formula is C17H22F3NO2. The summed E-state index contributed by atoms with van der Waals surface area (Å²) >= 11 is 0. The smallest absolute Gasteiger partial charge is 0.416 e. The van der Waals surface area contributed by atoms with E-state index in [9.17, 15) is 18.0 Å². The number of halogens is 3. The highest BCUT2D eigenvalue weighted by Gasteiger charge is 2.33. The summed E-state index contributed by atoms with van der Waals surface area (Å²) in [5.74, 6) is 0.0461. The Balaban J connectivity index is 2.09. The highest BCUT2D eigenvalue weighted by atomic mass is 19.4. The number of ether oxygens (including phenoxy) is 1. The standard InChI is InChI=1S/C17H22F3NO2/c1-11-9-13(17(18,19)20)5-6-14(11)12-7-8-21(10-12)15(22)23-16(2,3)4/h5-6,9,12H,7-8,10H2,1-4H3. The summed E-state index contributed by atoms with van der Waals surface area (Å²) in [5.41, 5.74) is 0.278. The van der Waals surface area contributed by atoms with Gasteiger partial charge in [-0.3, -0.25) is 0 Å². The normalized spacial score (nSPS) is 19.1. The number of hydrogen-bond donors (Lipinski definition) is 0. The second-order valence-corrected chi connectivity index (χ2v) is 6.98. The van der Waals surface area contributed by atoms with Crippen LogP contribution in [0, 0.1) is 6.92 Å². The molecule has 1 amide bonds. The molecule has 0 aliphatic carbocycles. The Morgan fingerprint density at radius 1 is 1.26 bits per heavy atom. The maximum absolute atomic E-state index is 12.7. The molecule has 1 saturated heterocycles. The van der Waals surface area contributed by atoms with E-state index in [0.29, 0.717) is 18.7 Å². The van der Waals surface area contributed by atoms with Crippen LogP contribution in [0.1, 0.15) is 49.8 Å². The summed E-state index contributed by atoms with van der Waals surface area (Å²) in [4.78, 5) is 13.7. The van der Waals surface area contributed by atoms with Gasteiger partial charge in [-0.25, -0.2) is 4.79 Å². The molecule has 2 rings (SSSR count). The fourth-order valence-electron chi connectivity index (χ4n) is 2.82. The number of rotatable bonds is 1. The molecule has 0 radical (unpaired) electrons. The zero-order valence-electron chi connectivity index (χ0n) is 13.8. The molecule has 1 heterocycles. The maximum atomic E-state index is 12.7. The number of likely N-dealkylation sites (tertiary alicyclic amines) is 1. The minimum Gasteiger partial charge on any atom is -0.444 e. The van der Waals surface area contributed by atoms with Crippen LogP contribution in [0.5, 0.6) is 0 Å². The third-order valence-electron chi connectivity index (χ3n) is 3.88. The zero-order chi connectivity index (χ0) is 17.4. The third-order valence-corrected chi connectivity index (χ3v) is 3.88. The monoisotopic (exact) mass is 329 g/mol. The number of amides is 1. The van der Waals surface area contributed by atoms with Crippen LogP contribution >= 0.6 is 0 Å². The number of hydrogen-bond acceptors (Lipinski definition) is 2. The molecule has 23 heavy (non-hydrogen) atoms. The van der Waals surface area contributed by atoms with Gasteiger partial charge < -0.3 is 9.64 Å². The molecule has 1 atom stereocenters. The summed E-state index contributed by atoms with van der Waals surface area (Å²) in [6.07, 6.45) is -3.97. The van der Waals surface area contributed by atoms with Crippen molar-refractivity contribution in [3.05, 3.63) is 34.9 Å². The van der Waals surface area contributed by atoms with E-state index in [1.807, 2.05) is 0 Å². The molecule has 6 heteroatoms. The number of carbonyl (C=O) groups excluding carboxylic acids is 1. The quantitative estimate of drug-likeness (QED) is 0.745. The van der Waals surface area contributed by atoms with E-state index >= 15 is 0 Å². The second-order valence-electron chi connectivity index (χ2n) is 6.98. The average molecular weight is 329 g/mol. The van der Waals surface area contributed by atoms with Crippen molar-refractivity contribution >= 4 is 6.09 Å². The first-order chi connectivity index (χ1) is 10.5. The lowest BCUT2D eigenvalue weighted by Crippen LogP contribution is -2.35. The Bertz CT molecular complexity index is 590. The summed E-state index contributed by atoms with van der Waals surface area (Å²) in [6, 6.07) is 3.81. The Labute approximate surface area is 134 Å². The fourth-order valence-corrected chi connectivity index (χ4v) is 2.82. The van der Waals surface area contributed by atoms with Crippen molar-refractivity contribution in [2.24, 2.45) is 0 Å². The highest BCUT2D eigenvalue weighted by molar-refractivity contribution is 5.68. The van der Waals surface area contributed by atoms with E-state index in [1.54, 1.807) is 32.6 Å². The molecular weight excluding hydrogens is 307 g/mol. The van der Waals surface area contributed by atoms with Crippen molar-refractivity contribution in [2.75, 3.05) is 13.1 Å². The number of nitrogens with zero attached hydrogens (tertiary/aromatic N) is 1. The van der Waals surface area contributed by atoms with Gasteiger partial charge in [0.2, 0.25) is 0 Å². The molecule has 1 unspecified atom stereocenters. The van der Waals surface area contributed by atoms with Crippen LogP contribution in [0.4, 0.5) is 18.0 Å². The zero-order valence-corrected chi connectivity index (χ0v) is 13.8. The van der Waals surface area contributed by atoms with Crippen molar-refractivity contribution in [1.82, 2.24) is 4.90 Å². The van der Waals surface area contributed by atoms with Crippen LogP contribution in [-0.4, -0.2) is 29.7 Å². The van der Waals surface area contributed by atoms with Gasteiger partial charge in [0.05, 0.1) is 5.56 Å². The first-order valence-corrected chi connectivity index (χ1v) is 7.63. The largest absolute Gasteiger partial charge is 0.444 e. The molecule has 0 saturated carbocycles. The molecule has 1 aliphatic heterocycles. The van der Waals surface area contributed by atoms with Crippen LogP contribution in [0.25, 0.3) is 0 Å². The minimum atomic E-state index is -4.33. The van der Waals surface area contributed by atoms with Gasteiger partial charge in [0, 0.05) is 19.0 Å². The van der Waals surface area contributed by atoms with Crippen LogP contribution < -0.4 is 0 Å². The SMILES string of the molecule is Cc1cc(C(F)(F)F)ccc1C1CCN(C(=O)OC(C)(C)C)C1. The molecule has 1 aromatic rings. The molecule has 128 valence electrons. The Morgan fingerprint density at radius 2 is 1.91 bits per heavy atom. The Kier molecular flexibility index (Phi) is 4.64. The lowest BCUT2D eigenvalue weighted by molar-refractivity contribution is -0.137. The first kappa shape index (κ1) is 17.6. The van der Waals surface area contributed by atoms with Crippen molar-refractivity contribution in [3.63, 3.8) is 0 Å². The van der Waals surface area contributed by atoms with Gasteiger partial charge in [-0.05, 0) is 57.4 Å². The van der Waals surface area contributed by atoms with Gasteiger partial charge in [-0.1, -0.05) is 6.07 Å². The predicted octanol–water partition coefficient (Wildman–Crippen LogP) is 4.74. The summed E-state index contributed by atoms with van der Waals surface area (Å²) in [7, 11) is 0. The van der Waals surface area contributed by atoms with Gasteiger partial charge in [0.25, 0.3) is 0 Å². The lowest BCUT2D eigenvalue weighted by atomic mass is 9.93. The van der Waals surface area contributed by atoms with Gasteiger partial charge in [0.15, 0.2) is 0 Å². The average Bonchev–Trinajstić information content (AvgIpc) is 2.85. The maximum Gasteiger partial charge on any atom is 0.416 e. The summed E-state index contributed by atoms with van der Waals surface area (Å²) in [6.45, 7) is 8.12. The molecule has 3 nitrogen and oxygen atoms in total. The number of carbonyl (C=O) groups is 1. The van der Waals surface area contributed by atoms with Crippen molar-refractivity contribution in [2.45, 2.75) is 51.8 Å². The van der Waals surface area contributed by atoms with E-state index in [1.165, 1.54) is 12.1 Å². The number of benzene rings is 1. The second kappa shape index (κ2) is 6.06. The topological polar surface area (TPSA) is 29.5 Å². The van der Waals surface area contributed by atoms with Crippen LogP contribution in [0.3, 0.4) is 0 Å². The Hall–Kier alpha value is -1.72. The summed E-state index contributed by atoms with van der Waals surface area (Å²) in [5, 5.41) is 0. The van der Waals surface area contributed by atoms with Crippen molar-refractivity contribution in [1.29, 1.82) is 0 Å². The van der Waals surface area contributed by atoms with Crippen molar-refractivity contribution in [3.8, 4) is 0 Å².